The van der Waals surface area contributed by atoms with Crippen LogP contribution in [-0.2, 0) is 4.79 Å². The van der Waals surface area contributed by atoms with Crippen LogP contribution in [0.25, 0.3) is 6.08 Å². The van der Waals surface area contributed by atoms with E-state index in [1.807, 2.05) is 27.7 Å². The van der Waals surface area contributed by atoms with E-state index >= 15 is 0 Å². The fraction of sp³-hybridized carbons (Fsp3) is 0.444. The number of carbonyl (C=O) groups excluding carboxylic acids is 2. The van der Waals surface area contributed by atoms with E-state index in [1.165, 1.54) is 4.90 Å². The summed E-state index contributed by atoms with van der Waals surface area (Å²) < 4.78 is 11.1. The van der Waals surface area contributed by atoms with Gasteiger partial charge in [0.15, 0.2) is 11.5 Å². The van der Waals surface area contributed by atoms with Gasteiger partial charge in [0, 0.05) is 6.04 Å². The molecule has 2 rings (SSSR count). The summed E-state index contributed by atoms with van der Waals surface area (Å²) in [6.07, 6.45) is 2.38. The van der Waals surface area contributed by atoms with Crippen LogP contribution in [0.15, 0.2) is 17.0 Å². The van der Waals surface area contributed by atoms with Crippen LogP contribution >= 0.6 is 23.4 Å². The molecule has 5 nitrogen and oxygen atoms in total. The molecule has 1 aliphatic rings. The fourth-order valence-corrected chi connectivity index (χ4v) is 3.62. The van der Waals surface area contributed by atoms with Gasteiger partial charge in [0.1, 0.15) is 0 Å². The van der Waals surface area contributed by atoms with Crippen LogP contribution in [0.3, 0.4) is 0 Å². The monoisotopic (exact) mass is 383 g/mol. The molecule has 0 unspecified atom stereocenters. The maximum absolute atomic E-state index is 12.5. The molecule has 2 amide bonds. The first kappa shape index (κ1) is 19.7. The Balaban J connectivity index is 2.38. The quantitative estimate of drug-likeness (QED) is 0.622. The Morgan fingerprint density at radius 3 is 2.48 bits per heavy atom. The summed E-state index contributed by atoms with van der Waals surface area (Å²) in [6.45, 7) is 8.47. The molecule has 0 aromatic heterocycles. The summed E-state index contributed by atoms with van der Waals surface area (Å²) in [5.41, 5.74) is 0.687. The number of rotatable bonds is 7. The smallest absolute Gasteiger partial charge is 0.293 e. The van der Waals surface area contributed by atoms with Crippen LogP contribution < -0.4 is 9.47 Å². The Kier molecular flexibility index (Phi) is 6.79. The predicted molar refractivity (Wildman–Crippen MR) is 101 cm³/mol. The van der Waals surface area contributed by atoms with E-state index < -0.39 is 0 Å². The highest BCUT2D eigenvalue weighted by Crippen LogP contribution is 2.39. The molecule has 1 atom stereocenters. The van der Waals surface area contributed by atoms with Crippen LogP contribution in [0.4, 0.5) is 4.79 Å². The van der Waals surface area contributed by atoms with Crippen molar-refractivity contribution in [2.75, 3.05) is 13.2 Å². The first-order valence-electron chi connectivity index (χ1n) is 8.29. The second kappa shape index (κ2) is 8.63. The Labute approximate surface area is 157 Å². The van der Waals surface area contributed by atoms with E-state index in [1.54, 1.807) is 18.2 Å². The number of imide groups is 1. The summed E-state index contributed by atoms with van der Waals surface area (Å²) in [5.74, 6) is 0.729. The molecule has 7 heteroatoms. The third kappa shape index (κ3) is 4.30. The molecule has 0 aliphatic carbocycles. The zero-order chi connectivity index (χ0) is 18.6. The molecule has 1 aliphatic heterocycles. The molecule has 1 aromatic carbocycles. The highest BCUT2D eigenvalue weighted by atomic mass is 35.5. The molecule has 0 bridgehead atoms. The Morgan fingerprint density at radius 2 is 1.88 bits per heavy atom. The number of halogens is 1. The fourth-order valence-electron chi connectivity index (χ4n) is 2.41. The number of hydrogen-bond acceptors (Lipinski definition) is 5. The molecular formula is C18H22ClNO4S. The zero-order valence-electron chi connectivity index (χ0n) is 14.8. The molecule has 0 spiro atoms. The van der Waals surface area contributed by atoms with Gasteiger partial charge < -0.3 is 9.47 Å². The summed E-state index contributed by atoms with van der Waals surface area (Å²) in [4.78, 5) is 26.3. The normalized spacial score (nSPS) is 17.3. The van der Waals surface area contributed by atoms with Crippen LogP contribution in [0, 0.1) is 0 Å². The minimum Gasteiger partial charge on any atom is -0.490 e. The molecule has 0 N–H and O–H groups in total. The lowest BCUT2D eigenvalue weighted by Gasteiger charge is -2.19. The predicted octanol–water partition coefficient (Wildman–Crippen LogP) is 4.97. The van der Waals surface area contributed by atoms with Crippen molar-refractivity contribution in [3.8, 4) is 11.5 Å². The van der Waals surface area contributed by atoms with E-state index in [9.17, 15) is 9.59 Å². The summed E-state index contributed by atoms with van der Waals surface area (Å²) in [6, 6.07) is 3.34. The lowest BCUT2D eigenvalue weighted by molar-refractivity contribution is -0.124. The summed E-state index contributed by atoms with van der Waals surface area (Å²) in [7, 11) is 0. The Bertz CT molecular complexity index is 705. The van der Waals surface area contributed by atoms with E-state index in [4.69, 9.17) is 21.1 Å². The molecule has 136 valence electrons. The Hall–Kier alpha value is -1.66. The molecule has 0 saturated carbocycles. The van der Waals surface area contributed by atoms with Crippen molar-refractivity contribution in [1.29, 1.82) is 0 Å². The second-order valence-electron chi connectivity index (χ2n) is 5.50. The average molecular weight is 384 g/mol. The highest BCUT2D eigenvalue weighted by Gasteiger charge is 2.37. The van der Waals surface area contributed by atoms with Gasteiger partial charge in [-0.3, -0.25) is 14.5 Å². The number of hydrogen-bond donors (Lipinski definition) is 0. The second-order valence-corrected chi connectivity index (χ2v) is 6.91. The van der Waals surface area contributed by atoms with Gasteiger partial charge in [-0.25, -0.2) is 0 Å². The molecule has 1 aromatic rings. The van der Waals surface area contributed by atoms with Crippen molar-refractivity contribution in [3.05, 3.63) is 27.6 Å². The summed E-state index contributed by atoms with van der Waals surface area (Å²) in [5, 5.41) is 0.160. The van der Waals surface area contributed by atoms with Gasteiger partial charge >= 0.3 is 0 Å². The van der Waals surface area contributed by atoms with E-state index in [-0.39, 0.29) is 17.2 Å². The largest absolute Gasteiger partial charge is 0.490 e. The molecule has 1 saturated heterocycles. The van der Waals surface area contributed by atoms with Crippen molar-refractivity contribution >= 4 is 40.6 Å². The van der Waals surface area contributed by atoms with Gasteiger partial charge in [-0.05, 0) is 62.7 Å². The molecule has 1 fully saturated rings. The SMILES string of the molecule is CCOc1cc(/C=C2/SC(=O)N([C@H](C)CC)C2=O)cc(Cl)c1OCC. The maximum atomic E-state index is 12.5. The topological polar surface area (TPSA) is 55.8 Å². The van der Waals surface area contributed by atoms with Crippen LogP contribution in [0.1, 0.15) is 39.7 Å². The highest BCUT2D eigenvalue weighted by molar-refractivity contribution is 8.18. The minimum atomic E-state index is -0.271. The minimum absolute atomic E-state index is 0.124. The van der Waals surface area contributed by atoms with Crippen molar-refractivity contribution in [2.24, 2.45) is 0 Å². The molecule has 1 heterocycles. The van der Waals surface area contributed by atoms with Gasteiger partial charge in [-0.15, -0.1) is 0 Å². The van der Waals surface area contributed by atoms with Crippen LogP contribution in [0.5, 0.6) is 11.5 Å². The maximum Gasteiger partial charge on any atom is 0.293 e. The number of benzene rings is 1. The van der Waals surface area contributed by atoms with E-state index in [2.05, 4.69) is 0 Å². The van der Waals surface area contributed by atoms with Crippen molar-refractivity contribution in [3.63, 3.8) is 0 Å². The lowest BCUT2D eigenvalue weighted by atomic mass is 10.1. The van der Waals surface area contributed by atoms with Gasteiger partial charge in [0.05, 0.1) is 23.1 Å². The number of ether oxygens (including phenoxy) is 2. The van der Waals surface area contributed by atoms with Crippen molar-refractivity contribution < 1.29 is 19.1 Å². The van der Waals surface area contributed by atoms with Gasteiger partial charge in [-0.2, -0.15) is 0 Å². The third-order valence-corrected chi connectivity index (χ3v) is 4.94. The van der Waals surface area contributed by atoms with Crippen LogP contribution in [-0.4, -0.2) is 35.3 Å². The van der Waals surface area contributed by atoms with Gasteiger partial charge in [0.2, 0.25) is 0 Å². The molecule has 25 heavy (non-hydrogen) atoms. The third-order valence-electron chi connectivity index (χ3n) is 3.77. The molecular weight excluding hydrogens is 362 g/mol. The number of carbonyl (C=O) groups is 2. The molecule has 0 radical (unpaired) electrons. The van der Waals surface area contributed by atoms with Crippen molar-refractivity contribution in [1.82, 2.24) is 4.90 Å². The van der Waals surface area contributed by atoms with Crippen LogP contribution in [0.2, 0.25) is 5.02 Å². The standard InChI is InChI=1S/C18H22ClNO4S/c1-5-11(4)20-17(21)15(25-18(20)22)10-12-8-13(19)16(24-7-3)14(9-12)23-6-2/h8-11H,5-7H2,1-4H3/b15-10+/t11-/m1/s1. The first-order chi connectivity index (χ1) is 11.9. The Morgan fingerprint density at radius 1 is 1.20 bits per heavy atom. The van der Waals surface area contributed by atoms with Crippen molar-refractivity contribution in [2.45, 2.75) is 40.2 Å². The van der Waals surface area contributed by atoms with E-state index in [0.29, 0.717) is 46.6 Å². The van der Waals surface area contributed by atoms with Gasteiger partial charge in [0.25, 0.3) is 11.1 Å². The number of amides is 2. The number of thioether (sulfide) groups is 1. The first-order valence-corrected chi connectivity index (χ1v) is 9.48. The van der Waals surface area contributed by atoms with E-state index in [0.717, 1.165) is 11.8 Å². The zero-order valence-corrected chi connectivity index (χ0v) is 16.4. The van der Waals surface area contributed by atoms with Gasteiger partial charge in [-0.1, -0.05) is 18.5 Å². The summed E-state index contributed by atoms with van der Waals surface area (Å²) >= 11 is 7.24. The lowest BCUT2D eigenvalue weighted by Crippen LogP contribution is -2.36. The number of nitrogens with zero attached hydrogens (tertiary/aromatic N) is 1. The average Bonchev–Trinajstić information content (AvgIpc) is 2.84.